The summed E-state index contributed by atoms with van der Waals surface area (Å²) in [6.45, 7) is -0.433. The van der Waals surface area contributed by atoms with Gasteiger partial charge in [-0.3, -0.25) is 5.32 Å². The molecule has 0 saturated heterocycles. The number of hydrogen-bond donors (Lipinski definition) is 2. The first-order valence-corrected chi connectivity index (χ1v) is 11.3. The Morgan fingerprint density at radius 3 is 2.22 bits per heavy atom. The highest BCUT2D eigenvalue weighted by atomic mass is 32.2. The molecule has 32 heavy (non-hydrogen) atoms. The number of carbonyl (C=O) groups is 1. The number of halogens is 3. The predicted octanol–water partition coefficient (Wildman–Crippen LogP) is 0.882. The molecule has 0 aliphatic heterocycles. The van der Waals surface area contributed by atoms with E-state index in [0.29, 0.717) is 0 Å². The second-order valence-corrected chi connectivity index (χ2v) is 9.96. The van der Waals surface area contributed by atoms with Gasteiger partial charge in [-0.05, 0) is 19.1 Å². The average molecular weight is 498 g/mol. The number of anilines is 1. The van der Waals surface area contributed by atoms with Crippen LogP contribution < -0.4 is 14.8 Å². The van der Waals surface area contributed by atoms with Crippen LogP contribution in [0.5, 0.6) is 6.01 Å². The number of amides is 2. The van der Waals surface area contributed by atoms with Gasteiger partial charge in [0.1, 0.15) is 15.6 Å². The van der Waals surface area contributed by atoms with Crippen LogP contribution in [0.25, 0.3) is 0 Å². The lowest BCUT2D eigenvalue weighted by atomic mass is 10.4. The highest BCUT2D eigenvalue weighted by Crippen LogP contribution is 2.23. The molecule has 0 bridgehead atoms. The van der Waals surface area contributed by atoms with Crippen molar-refractivity contribution in [2.24, 2.45) is 0 Å². The minimum absolute atomic E-state index is 0.127. The van der Waals surface area contributed by atoms with Gasteiger partial charge in [0.2, 0.25) is 16.0 Å². The predicted molar refractivity (Wildman–Crippen MR) is 103 cm³/mol. The van der Waals surface area contributed by atoms with Crippen molar-refractivity contribution < 1.29 is 39.5 Å². The lowest BCUT2D eigenvalue weighted by Gasteiger charge is -2.15. The number of benzene rings is 1. The molecule has 0 unspecified atom stereocenters. The highest BCUT2D eigenvalue weighted by molar-refractivity contribution is 7.92. The molecule has 0 atom stereocenters. The van der Waals surface area contributed by atoms with E-state index < -0.39 is 60.6 Å². The van der Waals surface area contributed by atoms with Crippen molar-refractivity contribution in [1.82, 2.24) is 24.0 Å². The first-order chi connectivity index (χ1) is 14.6. The van der Waals surface area contributed by atoms with Gasteiger partial charge in [-0.25, -0.2) is 30.7 Å². The number of aryl methyl sites for hydroxylation is 1. The zero-order valence-corrected chi connectivity index (χ0v) is 18.3. The third kappa shape index (κ3) is 6.47. The van der Waals surface area contributed by atoms with Gasteiger partial charge in [-0.1, -0.05) is 12.1 Å². The molecular weight excluding hydrogens is 481 g/mol. The van der Waals surface area contributed by atoms with E-state index in [-0.39, 0.29) is 5.82 Å². The maximum Gasteiger partial charge on any atom is 0.422 e. The third-order valence-corrected chi connectivity index (χ3v) is 6.83. The molecule has 0 aliphatic carbocycles. The summed E-state index contributed by atoms with van der Waals surface area (Å²) in [5.74, 6) is -0.727. The lowest BCUT2D eigenvalue weighted by molar-refractivity contribution is -0.154. The van der Waals surface area contributed by atoms with Gasteiger partial charge in [-0.2, -0.15) is 28.1 Å². The Morgan fingerprint density at radius 2 is 1.66 bits per heavy atom. The fourth-order valence-corrected chi connectivity index (χ4v) is 4.72. The van der Waals surface area contributed by atoms with Crippen LogP contribution in [0.2, 0.25) is 0 Å². The van der Waals surface area contributed by atoms with Crippen LogP contribution in [0.3, 0.4) is 0 Å². The first kappa shape index (κ1) is 25.2. The van der Waals surface area contributed by atoms with Gasteiger partial charge in [0.15, 0.2) is 6.61 Å². The van der Waals surface area contributed by atoms with E-state index in [4.69, 9.17) is 0 Å². The number of nitrogens with one attached hydrogen (secondary N) is 2. The van der Waals surface area contributed by atoms with Crippen molar-refractivity contribution in [3.05, 3.63) is 30.1 Å². The minimum atomic E-state index is -4.70. The molecule has 1 heterocycles. The molecule has 1 aromatic heterocycles. The van der Waals surface area contributed by atoms with E-state index in [1.165, 1.54) is 33.2 Å². The SMILES string of the molecule is Cc1nc(NC(=O)NS(=O)(=O)c2ccccc2S(=O)(=O)N(C)C)nc(OCC(F)(F)F)n1. The smallest absolute Gasteiger partial charge is 0.422 e. The highest BCUT2D eigenvalue weighted by Gasteiger charge is 2.30. The molecule has 2 N–H and O–H groups in total. The maximum atomic E-state index is 12.6. The number of aromatic nitrogens is 3. The minimum Gasteiger partial charge on any atom is -0.454 e. The van der Waals surface area contributed by atoms with E-state index in [0.717, 1.165) is 16.4 Å². The Hall–Kier alpha value is -3.05. The van der Waals surface area contributed by atoms with Gasteiger partial charge in [0.25, 0.3) is 10.0 Å². The molecule has 2 rings (SSSR count). The summed E-state index contributed by atoms with van der Waals surface area (Å²) >= 11 is 0. The summed E-state index contributed by atoms with van der Waals surface area (Å²) in [7, 11) is -6.48. The van der Waals surface area contributed by atoms with E-state index in [2.05, 4.69) is 19.7 Å². The normalized spacial score (nSPS) is 12.5. The van der Waals surface area contributed by atoms with Crippen LogP contribution in [0.15, 0.2) is 34.1 Å². The molecule has 2 aromatic rings. The van der Waals surface area contributed by atoms with Crippen LogP contribution in [-0.2, 0) is 20.0 Å². The molecule has 1 aromatic carbocycles. The van der Waals surface area contributed by atoms with Crippen LogP contribution in [0, 0.1) is 6.92 Å². The second kappa shape index (κ2) is 9.21. The van der Waals surface area contributed by atoms with Crippen molar-refractivity contribution in [1.29, 1.82) is 0 Å². The molecule has 0 spiro atoms. The Kier molecular flexibility index (Phi) is 7.26. The molecule has 17 heteroatoms. The standard InChI is InChI=1S/C15H17F3N6O6S2/c1-9-19-12(22-14(20-9)30-8-15(16,17)18)21-13(25)23-31(26,27)10-6-4-5-7-11(10)32(28,29)24(2)3/h4-7H,8H2,1-3H3,(H2,19,20,21,22,23,25). The number of ether oxygens (including phenoxy) is 1. The van der Waals surface area contributed by atoms with Gasteiger partial charge < -0.3 is 4.74 Å². The maximum absolute atomic E-state index is 12.6. The average Bonchev–Trinajstić information content (AvgIpc) is 2.64. The summed E-state index contributed by atoms with van der Waals surface area (Å²) in [4.78, 5) is 21.5. The molecule has 0 fully saturated rings. The van der Waals surface area contributed by atoms with Crippen molar-refractivity contribution in [3.8, 4) is 6.01 Å². The van der Waals surface area contributed by atoms with Crippen molar-refractivity contribution >= 4 is 32.0 Å². The second-order valence-electron chi connectivity index (χ2n) is 6.19. The number of nitrogens with zero attached hydrogens (tertiary/aromatic N) is 4. The zero-order chi connectivity index (χ0) is 24.3. The van der Waals surface area contributed by atoms with Gasteiger partial charge in [-0.15, -0.1) is 0 Å². The van der Waals surface area contributed by atoms with E-state index in [1.807, 2.05) is 5.32 Å². The van der Waals surface area contributed by atoms with Crippen molar-refractivity contribution in [3.63, 3.8) is 0 Å². The van der Waals surface area contributed by atoms with Crippen LogP contribution >= 0.6 is 0 Å². The molecule has 0 radical (unpaired) electrons. The molecule has 176 valence electrons. The van der Waals surface area contributed by atoms with Gasteiger partial charge in [0, 0.05) is 14.1 Å². The van der Waals surface area contributed by atoms with Gasteiger partial charge in [0.05, 0.1) is 0 Å². The molecule has 2 amide bonds. The van der Waals surface area contributed by atoms with Crippen LogP contribution in [0.4, 0.5) is 23.9 Å². The number of hydrogen-bond acceptors (Lipinski definition) is 9. The summed E-state index contributed by atoms with van der Waals surface area (Å²) in [5.41, 5.74) is 0. The lowest BCUT2D eigenvalue weighted by Crippen LogP contribution is -2.36. The number of alkyl halides is 3. The zero-order valence-electron chi connectivity index (χ0n) is 16.7. The Balaban J connectivity index is 2.25. The van der Waals surface area contributed by atoms with Crippen molar-refractivity contribution in [2.75, 3.05) is 26.0 Å². The summed E-state index contributed by atoms with van der Waals surface area (Å²) in [6.07, 6.45) is -4.67. The summed E-state index contributed by atoms with van der Waals surface area (Å²) < 4.78 is 93.6. The molecule has 0 aliphatic rings. The van der Waals surface area contributed by atoms with E-state index in [9.17, 15) is 34.8 Å². The van der Waals surface area contributed by atoms with Crippen LogP contribution in [0.1, 0.15) is 5.82 Å². The fraction of sp³-hybridized carbons (Fsp3) is 0.333. The number of urea groups is 1. The van der Waals surface area contributed by atoms with E-state index >= 15 is 0 Å². The monoisotopic (exact) mass is 498 g/mol. The third-order valence-electron chi connectivity index (χ3n) is 3.44. The fourth-order valence-electron chi connectivity index (χ4n) is 2.11. The number of sulfonamides is 2. The number of rotatable bonds is 7. The molecule has 0 saturated carbocycles. The first-order valence-electron chi connectivity index (χ1n) is 8.39. The Bertz CT molecular complexity index is 1220. The Morgan fingerprint density at radius 1 is 1.06 bits per heavy atom. The number of carbonyl (C=O) groups excluding carboxylic acids is 1. The van der Waals surface area contributed by atoms with E-state index in [1.54, 1.807) is 4.72 Å². The molecule has 12 nitrogen and oxygen atoms in total. The molecular formula is C15H17F3N6O6S2. The van der Waals surface area contributed by atoms with Gasteiger partial charge >= 0.3 is 18.2 Å². The van der Waals surface area contributed by atoms with Crippen molar-refractivity contribution in [2.45, 2.75) is 22.9 Å². The summed E-state index contributed by atoms with van der Waals surface area (Å²) in [5, 5.41) is 1.91. The Labute approximate surface area is 180 Å². The van der Waals surface area contributed by atoms with Crippen LogP contribution in [-0.4, -0.2) is 69.0 Å². The largest absolute Gasteiger partial charge is 0.454 e. The topological polar surface area (TPSA) is 161 Å². The quantitative estimate of drug-likeness (QED) is 0.565. The summed E-state index contributed by atoms with van der Waals surface area (Å²) in [6, 6.07) is 2.40.